The van der Waals surface area contributed by atoms with Crippen LogP contribution >= 0.6 is 0 Å². The first-order valence-electron chi connectivity index (χ1n) is 8.69. The molecule has 3 rings (SSSR count). The second-order valence-corrected chi connectivity index (χ2v) is 5.99. The number of benzene rings is 3. The van der Waals surface area contributed by atoms with Gasteiger partial charge >= 0.3 is 0 Å². The van der Waals surface area contributed by atoms with Gasteiger partial charge in [-0.3, -0.25) is 4.79 Å². The first-order valence-corrected chi connectivity index (χ1v) is 8.69. The number of para-hydroxylation sites is 3. The zero-order valence-corrected chi connectivity index (χ0v) is 14.9. The molecule has 0 fully saturated rings. The second kappa shape index (κ2) is 8.23. The van der Waals surface area contributed by atoms with Crippen LogP contribution in [0.3, 0.4) is 0 Å². The number of carbonyl (C=O) groups excluding carboxylic acids is 1. The molecule has 0 bridgehead atoms. The zero-order chi connectivity index (χ0) is 19.2. The van der Waals surface area contributed by atoms with Crippen molar-refractivity contribution in [3.63, 3.8) is 0 Å². The van der Waals surface area contributed by atoms with E-state index >= 15 is 0 Å². The lowest BCUT2D eigenvalue weighted by atomic mass is 10.0. The lowest BCUT2D eigenvalue weighted by Gasteiger charge is -2.13. The van der Waals surface area contributed by atoms with E-state index in [0.29, 0.717) is 5.56 Å². The minimum absolute atomic E-state index is 0.0129. The molecule has 0 heterocycles. The summed E-state index contributed by atoms with van der Waals surface area (Å²) in [5.41, 5.74) is 1.71. The quantitative estimate of drug-likeness (QED) is 0.566. The van der Waals surface area contributed by atoms with Gasteiger partial charge in [-0.2, -0.15) is 0 Å². The number of carbonyl (C=O) groups is 1. The average molecular weight is 360 g/mol. The predicted molar refractivity (Wildman–Crippen MR) is 105 cm³/mol. The van der Waals surface area contributed by atoms with Gasteiger partial charge in [0.25, 0.3) is 0 Å². The number of hydrogen-bond donors (Lipinski definition) is 2. The molecule has 0 atom stereocenters. The summed E-state index contributed by atoms with van der Waals surface area (Å²) < 4.78 is 5.66. The van der Waals surface area contributed by atoms with E-state index in [9.17, 15) is 15.0 Å². The Balaban J connectivity index is 1.94. The highest BCUT2D eigenvalue weighted by molar-refractivity contribution is 6.11. The standard InChI is InChI=1S/C23H20O4/c1-2-3-7-16-12-14-17(15-13-16)22(26)18-8-6-10-20(25)23(18)27-21-11-5-4-9-19(21)24/h3-15,24-25H,2H2,1H3. The van der Waals surface area contributed by atoms with E-state index in [4.69, 9.17) is 4.74 Å². The van der Waals surface area contributed by atoms with Crippen LogP contribution in [-0.4, -0.2) is 16.0 Å². The lowest BCUT2D eigenvalue weighted by molar-refractivity contribution is 0.103. The molecule has 4 nitrogen and oxygen atoms in total. The topological polar surface area (TPSA) is 66.8 Å². The molecule has 0 spiro atoms. The molecule has 3 aromatic rings. The van der Waals surface area contributed by atoms with Crippen LogP contribution in [0, 0.1) is 0 Å². The van der Waals surface area contributed by atoms with E-state index < -0.39 is 0 Å². The highest BCUT2D eigenvalue weighted by Crippen LogP contribution is 2.38. The van der Waals surface area contributed by atoms with E-state index in [1.807, 2.05) is 24.3 Å². The van der Waals surface area contributed by atoms with Crippen LogP contribution < -0.4 is 4.74 Å². The van der Waals surface area contributed by atoms with Crippen LogP contribution in [0.2, 0.25) is 0 Å². The van der Waals surface area contributed by atoms with Gasteiger partial charge < -0.3 is 14.9 Å². The Morgan fingerprint density at radius 2 is 1.63 bits per heavy atom. The maximum atomic E-state index is 12.9. The van der Waals surface area contributed by atoms with Crippen molar-refractivity contribution in [1.82, 2.24) is 0 Å². The first kappa shape index (κ1) is 18.3. The van der Waals surface area contributed by atoms with Crippen molar-refractivity contribution in [2.75, 3.05) is 0 Å². The fourth-order valence-corrected chi connectivity index (χ4v) is 2.62. The van der Waals surface area contributed by atoms with Crippen LogP contribution in [0.15, 0.2) is 72.8 Å². The van der Waals surface area contributed by atoms with Gasteiger partial charge in [0.2, 0.25) is 0 Å². The molecule has 136 valence electrons. The third kappa shape index (κ3) is 4.18. The van der Waals surface area contributed by atoms with Gasteiger partial charge in [-0.1, -0.05) is 61.5 Å². The zero-order valence-electron chi connectivity index (χ0n) is 14.9. The van der Waals surface area contributed by atoms with E-state index in [0.717, 1.165) is 12.0 Å². The molecular weight excluding hydrogens is 340 g/mol. The number of hydrogen-bond acceptors (Lipinski definition) is 4. The van der Waals surface area contributed by atoms with Gasteiger partial charge in [0.1, 0.15) is 0 Å². The number of allylic oxidation sites excluding steroid dienone is 1. The summed E-state index contributed by atoms with van der Waals surface area (Å²) in [4.78, 5) is 12.9. The normalized spacial score (nSPS) is 10.9. The third-order valence-corrected chi connectivity index (χ3v) is 4.04. The molecule has 0 radical (unpaired) electrons. The molecule has 27 heavy (non-hydrogen) atoms. The van der Waals surface area contributed by atoms with Crippen molar-refractivity contribution in [3.8, 4) is 23.0 Å². The number of aromatic hydroxyl groups is 2. The molecule has 3 aromatic carbocycles. The van der Waals surface area contributed by atoms with Crippen LogP contribution in [0.1, 0.15) is 34.8 Å². The largest absolute Gasteiger partial charge is 0.504 e. The molecular formula is C23H20O4. The van der Waals surface area contributed by atoms with E-state index in [1.54, 1.807) is 42.5 Å². The molecule has 0 saturated carbocycles. The molecule has 0 amide bonds. The molecule has 0 unspecified atom stereocenters. The molecule has 0 saturated heterocycles. The van der Waals surface area contributed by atoms with Crippen LogP contribution in [0.4, 0.5) is 0 Å². The van der Waals surface area contributed by atoms with E-state index in [2.05, 4.69) is 6.92 Å². The Hall–Kier alpha value is -3.53. The van der Waals surface area contributed by atoms with Crippen LogP contribution in [-0.2, 0) is 0 Å². The van der Waals surface area contributed by atoms with E-state index in [-0.39, 0.29) is 34.3 Å². The summed E-state index contributed by atoms with van der Waals surface area (Å²) in [7, 11) is 0. The minimum Gasteiger partial charge on any atom is -0.504 e. The molecule has 0 aliphatic heterocycles. The number of ether oxygens (including phenoxy) is 1. The highest BCUT2D eigenvalue weighted by Gasteiger charge is 2.19. The Morgan fingerprint density at radius 3 is 2.33 bits per heavy atom. The maximum Gasteiger partial charge on any atom is 0.196 e. The summed E-state index contributed by atoms with van der Waals surface area (Å²) in [6.07, 6.45) is 4.98. The number of phenolic OH excluding ortho intramolecular Hbond substituents is 2. The number of phenols is 2. The lowest BCUT2D eigenvalue weighted by Crippen LogP contribution is -2.04. The summed E-state index contributed by atoms with van der Waals surface area (Å²) in [6, 6.07) is 18.2. The predicted octanol–water partition coefficient (Wildman–Crippen LogP) is 5.54. The smallest absolute Gasteiger partial charge is 0.196 e. The summed E-state index contributed by atoms with van der Waals surface area (Å²) in [5.74, 6) is -0.354. The highest BCUT2D eigenvalue weighted by atomic mass is 16.5. The Bertz CT molecular complexity index is 972. The van der Waals surface area contributed by atoms with Crippen molar-refractivity contribution >= 4 is 11.9 Å². The van der Waals surface area contributed by atoms with Crippen molar-refractivity contribution in [1.29, 1.82) is 0 Å². The van der Waals surface area contributed by atoms with Crippen molar-refractivity contribution < 1.29 is 19.7 Å². The third-order valence-electron chi connectivity index (χ3n) is 4.04. The molecule has 4 heteroatoms. The van der Waals surface area contributed by atoms with Crippen molar-refractivity contribution in [2.45, 2.75) is 13.3 Å². The van der Waals surface area contributed by atoms with Crippen LogP contribution in [0.25, 0.3) is 6.08 Å². The fourth-order valence-electron chi connectivity index (χ4n) is 2.62. The van der Waals surface area contributed by atoms with Gasteiger partial charge in [-0.05, 0) is 36.2 Å². The maximum absolute atomic E-state index is 12.9. The minimum atomic E-state index is -0.276. The Morgan fingerprint density at radius 1 is 0.926 bits per heavy atom. The van der Waals surface area contributed by atoms with Gasteiger partial charge in [0.05, 0.1) is 5.56 Å². The SMILES string of the molecule is CCC=Cc1ccc(C(=O)c2cccc(O)c2Oc2ccccc2O)cc1. The summed E-state index contributed by atoms with van der Waals surface area (Å²) in [5, 5.41) is 20.1. The van der Waals surface area contributed by atoms with Gasteiger partial charge in [-0.15, -0.1) is 0 Å². The number of rotatable bonds is 6. The molecule has 0 aromatic heterocycles. The summed E-state index contributed by atoms with van der Waals surface area (Å²) >= 11 is 0. The summed E-state index contributed by atoms with van der Waals surface area (Å²) in [6.45, 7) is 2.06. The van der Waals surface area contributed by atoms with Gasteiger partial charge in [0, 0.05) is 5.56 Å². The molecule has 0 aliphatic rings. The van der Waals surface area contributed by atoms with Crippen molar-refractivity contribution in [2.24, 2.45) is 0 Å². The van der Waals surface area contributed by atoms with E-state index in [1.165, 1.54) is 12.1 Å². The van der Waals surface area contributed by atoms with Gasteiger partial charge in [0.15, 0.2) is 28.8 Å². The average Bonchev–Trinajstić information content (AvgIpc) is 2.69. The van der Waals surface area contributed by atoms with Crippen molar-refractivity contribution in [3.05, 3.63) is 89.5 Å². The molecule has 0 aliphatic carbocycles. The Labute approximate surface area is 158 Å². The van der Waals surface area contributed by atoms with Crippen LogP contribution in [0.5, 0.6) is 23.0 Å². The monoisotopic (exact) mass is 360 g/mol. The second-order valence-electron chi connectivity index (χ2n) is 5.99. The fraction of sp³-hybridized carbons (Fsp3) is 0.0870. The first-order chi connectivity index (χ1) is 13.1. The number of ketones is 1. The molecule has 2 N–H and O–H groups in total. The van der Waals surface area contributed by atoms with Gasteiger partial charge in [-0.25, -0.2) is 0 Å². The Kier molecular flexibility index (Phi) is 5.57.